The first-order chi connectivity index (χ1) is 12.0. The molecule has 7 heteroatoms. The first kappa shape index (κ1) is 17.3. The van der Waals surface area contributed by atoms with Crippen molar-refractivity contribution in [2.75, 3.05) is 5.75 Å². The topological polar surface area (TPSA) is 86.7 Å². The molecule has 0 saturated carbocycles. The standard InChI is InChI=1S/C18H18N2O4S/c1-2-6-12-10-25-17-14(16(22)20(17)15(12)18(23)24)19-13(21)9-11-7-4-3-5-8-11/h2-8,14,17H,9-10H2,1H3,(H,19,21)(H,23,24)/b6-2-/t14?,17-/m0/s1. The molecule has 1 aromatic carbocycles. The number of carboxylic acid groups (broad SMARTS) is 1. The molecule has 2 aliphatic rings. The molecule has 2 heterocycles. The molecule has 0 radical (unpaired) electrons. The molecule has 2 atom stereocenters. The van der Waals surface area contributed by atoms with Crippen LogP contribution < -0.4 is 5.32 Å². The predicted octanol–water partition coefficient (Wildman–Crippen LogP) is 1.54. The van der Waals surface area contributed by atoms with Crippen molar-refractivity contribution in [3.8, 4) is 0 Å². The molecule has 2 N–H and O–H groups in total. The van der Waals surface area contributed by atoms with E-state index in [0.29, 0.717) is 11.3 Å². The molecule has 1 saturated heterocycles. The van der Waals surface area contributed by atoms with Gasteiger partial charge in [-0.3, -0.25) is 14.5 Å². The van der Waals surface area contributed by atoms with E-state index < -0.39 is 12.0 Å². The molecule has 2 amide bonds. The summed E-state index contributed by atoms with van der Waals surface area (Å²) in [4.78, 5) is 37.5. The minimum Gasteiger partial charge on any atom is -0.477 e. The lowest BCUT2D eigenvalue weighted by Crippen LogP contribution is -2.70. The fraction of sp³-hybridized carbons (Fsp3) is 0.278. The minimum absolute atomic E-state index is 0.0143. The van der Waals surface area contributed by atoms with Crippen LogP contribution in [-0.4, -0.2) is 45.0 Å². The summed E-state index contributed by atoms with van der Waals surface area (Å²) >= 11 is 1.46. The zero-order chi connectivity index (χ0) is 18.0. The molecule has 1 aromatic rings. The molecule has 3 rings (SSSR count). The highest BCUT2D eigenvalue weighted by Crippen LogP contribution is 2.40. The fourth-order valence-electron chi connectivity index (χ4n) is 2.98. The van der Waals surface area contributed by atoms with Crippen molar-refractivity contribution in [2.45, 2.75) is 24.8 Å². The molecule has 1 fully saturated rings. The van der Waals surface area contributed by atoms with Crippen molar-refractivity contribution < 1.29 is 19.5 Å². The summed E-state index contributed by atoms with van der Waals surface area (Å²) < 4.78 is 0. The van der Waals surface area contributed by atoms with Gasteiger partial charge in [-0.15, -0.1) is 11.8 Å². The smallest absolute Gasteiger partial charge is 0.352 e. The Morgan fingerprint density at radius 1 is 1.36 bits per heavy atom. The number of hydrogen-bond acceptors (Lipinski definition) is 4. The Balaban J connectivity index is 1.71. The molecule has 0 aliphatic carbocycles. The number of thioether (sulfide) groups is 1. The van der Waals surface area contributed by atoms with Crippen molar-refractivity contribution in [1.29, 1.82) is 0 Å². The quantitative estimate of drug-likeness (QED) is 0.780. The van der Waals surface area contributed by atoms with E-state index in [2.05, 4.69) is 5.32 Å². The Morgan fingerprint density at radius 3 is 2.72 bits per heavy atom. The number of hydrogen-bond donors (Lipinski definition) is 2. The van der Waals surface area contributed by atoms with Gasteiger partial charge in [-0.1, -0.05) is 42.5 Å². The van der Waals surface area contributed by atoms with E-state index in [9.17, 15) is 19.5 Å². The highest BCUT2D eigenvalue weighted by atomic mass is 32.2. The molecule has 6 nitrogen and oxygen atoms in total. The molecule has 0 bridgehead atoms. The van der Waals surface area contributed by atoms with Crippen LogP contribution >= 0.6 is 11.8 Å². The Labute approximate surface area is 149 Å². The molecular weight excluding hydrogens is 340 g/mol. The highest BCUT2D eigenvalue weighted by Gasteiger charge is 2.53. The maximum atomic E-state index is 12.4. The van der Waals surface area contributed by atoms with E-state index in [0.717, 1.165) is 5.56 Å². The van der Waals surface area contributed by atoms with E-state index in [4.69, 9.17) is 0 Å². The number of rotatable bonds is 5. The number of β-lactam (4-membered cyclic amide) rings is 1. The van der Waals surface area contributed by atoms with Crippen LogP contribution in [0.1, 0.15) is 12.5 Å². The maximum absolute atomic E-state index is 12.4. The Bertz CT molecular complexity index is 773. The third-order valence-electron chi connectivity index (χ3n) is 4.09. The van der Waals surface area contributed by atoms with E-state index in [1.807, 2.05) is 30.3 Å². The lowest BCUT2D eigenvalue weighted by atomic mass is 10.0. The summed E-state index contributed by atoms with van der Waals surface area (Å²) in [5.74, 6) is -1.26. The van der Waals surface area contributed by atoms with Gasteiger partial charge in [0.15, 0.2) is 0 Å². The molecule has 0 spiro atoms. The number of nitrogens with one attached hydrogen (secondary N) is 1. The summed E-state index contributed by atoms with van der Waals surface area (Å²) in [6.07, 6.45) is 3.65. The Morgan fingerprint density at radius 2 is 2.08 bits per heavy atom. The number of amides is 2. The van der Waals surface area contributed by atoms with Gasteiger partial charge in [-0.2, -0.15) is 0 Å². The molecule has 130 valence electrons. The number of aliphatic carboxylic acids is 1. The SMILES string of the molecule is C/C=C\C1=C(C(=O)O)N2C(=O)C(NC(=O)Cc3ccccc3)[C@@H]2SC1. The van der Waals surface area contributed by atoms with Gasteiger partial charge in [0.1, 0.15) is 17.1 Å². The van der Waals surface area contributed by atoms with Gasteiger partial charge in [-0.25, -0.2) is 4.79 Å². The number of carbonyl (C=O) groups excluding carboxylic acids is 2. The van der Waals surface area contributed by atoms with Gasteiger partial charge in [0.25, 0.3) is 5.91 Å². The average molecular weight is 358 g/mol. The van der Waals surface area contributed by atoms with Gasteiger partial charge < -0.3 is 10.4 Å². The normalized spacial score (nSPS) is 22.6. The van der Waals surface area contributed by atoms with Crippen LogP contribution in [0.4, 0.5) is 0 Å². The molecule has 2 aliphatic heterocycles. The fourth-order valence-corrected chi connectivity index (χ4v) is 4.30. The number of carboxylic acids is 1. The minimum atomic E-state index is -1.12. The summed E-state index contributed by atoms with van der Waals surface area (Å²) in [6.45, 7) is 1.80. The van der Waals surface area contributed by atoms with Crippen molar-refractivity contribution in [3.05, 3.63) is 59.3 Å². The lowest BCUT2D eigenvalue weighted by Gasteiger charge is -2.49. The summed E-state index contributed by atoms with van der Waals surface area (Å²) in [5.41, 5.74) is 1.49. The second-order valence-electron chi connectivity index (χ2n) is 5.80. The second kappa shape index (κ2) is 7.14. The Kier molecular flexibility index (Phi) is 4.94. The van der Waals surface area contributed by atoms with E-state index in [1.165, 1.54) is 16.7 Å². The summed E-state index contributed by atoms with van der Waals surface area (Å²) in [6, 6.07) is 8.58. The number of fused-ring (bicyclic) bond motifs is 1. The molecule has 1 unspecified atom stereocenters. The van der Waals surface area contributed by atoms with Crippen molar-refractivity contribution in [1.82, 2.24) is 10.2 Å². The van der Waals surface area contributed by atoms with Crippen molar-refractivity contribution in [2.24, 2.45) is 0 Å². The van der Waals surface area contributed by atoms with Gasteiger partial charge in [0.05, 0.1) is 6.42 Å². The van der Waals surface area contributed by atoms with Crippen molar-refractivity contribution in [3.63, 3.8) is 0 Å². The zero-order valence-electron chi connectivity index (χ0n) is 13.6. The predicted molar refractivity (Wildman–Crippen MR) is 94.6 cm³/mol. The zero-order valence-corrected chi connectivity index (χ0v) is 14.5. The summed E-state index contributed by atoms with van der Waals surface area (Å²) in [7, 11) is 0. The first-order valence-electron chi connectivity index (χ1n) is 7.90. The van der Waals surface area contributed by atoms with Gasteiger partial charge >= 0.3 is 5.97 Å². The van der Waals surface area contributed by atoms with Crippen LogP contribution in [0, 0.1) is 0 Å². The van der Waals surface area contributed by atoms with E-state index in [1.54, 1.807) is 19.1 Å². The van der Waals surface area contributed by atoms with Crippen LogP contribution in [0.25, 0.3) is 0 Å². The van der Waals surface area contributed by atoms with E-state index in [-0.39, 0.29) is 29.3 Å². The number of allylic oxidation sites excluding steroid dienone is 2. The van der Waals surface area contributed by atoms with E-state index >= 15 is 0 Å². The maximum Gasteiger partial charge on any atom is 0.352 e. The van der Waals surface area contributed by atoms with Crippen LogP contribution in [0.3, 0.4) is 0 Å². The first-order valence-corrected chi connectivity index (χ1v) is 8.95. The number of benzene rings is 1. The molecule has 25 heavy (non-hydrogen) atoms. The van der Waals surface area contributed by atoms with Crippen molar-refractivity contribution >= 4 is 29.5 Å². The summed E-state index contributed by atoms with van der Waals surface area (Å²) in [5, 5.41) is 11.8. The van der Waals surface area contributed by atoms with Gasteiger partial charge in [0.2, 0.25) is 5.91 Å². The average Bonchev–Trinajstić information content (AvgIpc) is 2.60. The van der Waals surface area contributed by atoms with Gasteiger partial charge in [-0.05, 0) is 18.1 Å². The van der Waals surface area contributed by atoms with Gasteiger partial charge in [0, 0.05) is 5.75 Å². The number of nitrogens with zero attached hydrogens (tertiary/aromatic N) is 1. The Hall–Kier alpha value is -2.54. The van der Waals surface area contributed by atoms with Crippen LogP contribution in [0.2, 0.25) is 0 Å². The molecule has 0 aromatic heterocycles. The third kappa shape index (κ3) is 3.32. The largest absolute Gasteiger partial charge is 0.477 e. The monoisotopic (exact) mass is 358 g/mol. The lowest BCUT2D eigenvalue weighted by molar-refractivity contribution is -0.150. The van der Waals surface area contributed by atoms with Crippen LogP contribution in [0.15, 0.2) is 53.8 Å². The number of carbonyl (C=O) groups is 3. The second-order valence-corrected chi connectivity index (χ2v) is 6.90. The molecular formula is C18H18N2O4S. The highest BCUT2D eigenvalue weighted by molar-refractivity contribution is 8.00. The third-order valence-corrected chi connectivity index (χ3v) is 5.39. The van der Waals surface area contributed by atoms with Crippen LogP contribution in [0.5, 0.6) is 0 Å². The van der Waals surface area contributed by atoms with Crippen LogP contribution in [-0.2, 0) is 20.8 Å².